The number of benzene rings is 1. The van der Waals surface area contributed by atoms with Crippen molar-refractivity contribution < 1.29 is 13.6 Å². The molecule has 0 amide bonds. The van der Waals surface area contributed by atoms with Gasteiger partial charge in [0.05, 0.1) is 0 Å². The van der Waals surface area contributed by atoms with Crippen molar-refractivity contribution in [2.45, 2.75) is 13.3 Å². The van der Waals surface area contributed by atoms with Crippen molar-refractivity contribution in [3.05, 3.63) is 23.8 Å². The smallest absolute Gasteiger partial charge is 0.231 e. The van der Waals surface area contributed by atoms with Gasteiger partial charge in [-0.2, -0.15) is 0 Å². The Morgan fingerprint density at radius 3 is 3.36 bits per heavy atom. The van der Waals surface area contributed by atoms with Gasteiger partial charge in [-0.1, -0.05) is 12.9 Å². The van der Waals surface area contributed by atoms with Gasteiger partial charge in [0.15, 0.2) is 11.5 Å². The van der Waals surface area contributed by atoms with Crippen molar-refractivity contribution in [3.63, 3.8) is 0 Å². The van der Waals surface area contributed by atoms with Crippen LogP contribution in [0.3, 0.4) is 0 Å². The van der Waals surface area contributed by atoms with Crippen LogP contribution in [-0.2, 0) is 6.42 Å². The fourth-order valence-electron chi connectivity index (χ4n) is 1.40. The molecule has 3 nitrogen and oxygen atoms in total. The Hall–Kier alpha value is -1.22. The Kier molecular flexibility index (Phi) is 1.95. The summed E-state index contributed by atoms with van der Waals surface area (Å²) in [5.41, 5.74) is 1.08. The van der Waals surface area contributed by atoms with Gasteiger partial charge in [-0.3, -0.25) is 0 Å². The second-order valence-corrected chi connectivity index (χ2v) is 3.06. The molecule has 0 fully saturated rings. The molecule has 3 heteroatoms. The molecule has 1 aliphatic rings. The Morgan fingerprint density at radius 2 is 2.43 bits per heavy atom. The van der Waals surface area contributed by atoms with Gasteiger partial charge in [-0.05, 0) is 37.2 Å². The van der Waals surface area contributed by atoms with Crippen molar-refractivity contribution >= 4 is 0 Å². The minimum atomic E-state index is -1.16. The molecule has 2 rings (SSSR count). The number of hydrogen-bond donors (Lipinski definition) is 1. The third kappa shape index (κ3) is 1.99. The molecular weight excluding hydrogens is 178 g/mol. The normalized spacial score (nSPS) is 18.8. The van der Waals surface area contributed by atoms with Crippen molar-refractivity contribution in [2.75, 3.05) is 19.9 Å². The Balaban J connectivity index is 1.83. The van der Waals surface area contributed by atoms with E-state index in [9.17, 15) is 0 Å². The predicted molar refractivity (Wildman–Crippen MR) is 54.8 cm³/mol. The summed E-state index contributed by atoms with van der Waals surface area (Å²) in [5, 5.41) is 2.82. The Morgan fingerprint density at radius 1 is 1.50 bits per heavy atom. The largest absolute Gasteiger partial charge is 0.454 e. The van der Waals surface area contributed by atoms with Gasteiger partial charge in [0, 0.05) is 4.11 Å². The van der Waals surface area contributed by atoms with E-state index < -0.39 is 13.4 Å². The lowest BCUT2D eigenvalue weighted by molar-refractivity contribution is 0.174. The highest BCUT2D eigenvalue weighted by atomic mass is 16.7. The van der Waals surface area contributed by atoms with E-state index in [0.717, 1.165) is 23.5 Å². The van der Waals surface area contributed by atoms with E-state index in [0.29, 0.717) is 6.54 Å². The molecule has 0 saturated heterocycles. The highest BCUT2D eigenvalue weighted by molar-refractivity contribution is 5.44. The molecular formula is C11H15NO2. The number of likely N-dealkylation sites (N-methyl/N-ethyl adjacent to an activating group) is 1. The third-order valence-corrected chi connectivity index (χ3v) is 2.11. The monoisotopic (exact) mass is 196 g/mol. The van der Waals surface area contributed by atoms with Crippen LogP contribution in [0.5, 0.6) is 11.5 Å². The summed E-state index contributed by atoms with van der Waals surface area (Å²) < 4.78 is 32.0. The first kappa shape index (κ1) is 6.30. The van der Waals surface area contributed by atoms with Gasteiger partial charge in [0.25, 0.3) is 0 Å². The maximum atomic E-state index is 7.38. The summed E-state index contributed by atoms with van der Waals surface area (Å²) in [5.74, 6) is 1.52. The molecule has 76 valence electrons. The summed E-state index contributed by atoms with van der Waals surface area (Å²) in [6, 6.07) is 5.74. The van der Waals surface area contributed by atoms with Crippen LogP contribution in [0, 0.1) is 0 Å². The summed E-state index contributed by atoms with van der Waals surface area (Å²) >= 11 is 0. The summed E-state index contributed by atoms with van der Waals surface area (Å²) in [4.78, 5) is 0. The van der Waals surface area contributed by atoms with E-state index in [4.69, 9.17) is 13.6 Å². The molecule has 0 aromatic heterocycles. The Bertz CT molecular complexity index is 387. The fourth-order valence-corrected chi connectivity index (χ4v) is 1.40. The van der Waals surface area contributed by atoms with E-state index in [1.165, 1.54) is 0 Å². The van der Waals surface area contributed by atoms with Gasteiger partial charge in [0.1, 0.15) is 0 Å². The topological polar surface area (TPSA) is 30.5 Å². The molecule has 1 aromatic carbocycles. The lowest BCUT2D eigenvalue weighted by Gasteiger charge is -2.03. The van der Waals surface area contributed by atoms with Crippen LogP contribution >= 0.6 is 0 Å². The molecule has 0 spiro atoms. The second kappa shape index (κ2) is 4.33. The average molecular weight is 196 g/mol. The highest BCUT2D eigenvalue weighted by Crippen LogP contribution is 2.32. The molecule has 1 aliphatic heterocycles. The molecule has 1 N–H and O–H groups in total. The molecule has 1 unspecified atom stereocenters. The standard InChI is InChI=1S/C11H15NO2/c1-2-12-6-5-9-3-4-10-11(7-9)14-8-13-10/h3-4,7,12H,2,5-6,8H2,1H3/i1D2,2D. The summed E-state index contributed by atoms with van der Waals surface area (Å²) in [7, 11) is 0. The molecule has 1 heterocycles. The van der Waals surface area contributed by atoms with Crippen molar-refractivity contribution in [1.29, 1.82) is 0 Å². The fraction of sp³-hybridized carbons (Fsp3) is 0.455. The zero-order chi connectivity index (χ0) is 12.3. The van der Waals surface area contributed by atoms with Crippen LogP contribution in [0.25, 0.3) is 0 Å². The second-order valence-electron chi connectivity index (χ2n) is 3.06. The van der Waals surface area contributed by atoms with E-state index in [1.807, 2.05) is 18.2 Å². The van der Waals surface area contributed by atoms with E-state index in [-0.39, 0.29) is 6.79 Å². The van der Waals surface area contributed by atoms with Crippen molar-refractivity contribution in [3.8, 4) is 11.5 Å². The lowest BCUT2D eigenvalue weighted by Crippen LogP contribution is -2.15. The number of rotatable bonds is 4. The number of hydrogen-bond acceptors (Lipinski definition) is 3. The highest BCUT2D eigenvalue weighted by Gasteiger charge is 2.12. The van der Waals surface area contributed by atoms with Crippen LogP contribution in [0.1, 0.15) is 16.6 Å². The number of fused-ring (bicyclic) bond motifs is 1. The van der Waals surface area contributed by atoms with Crippen LogP contribution in [0.15, 0.2) is 18.2 Å². The minimum Gasteiger partial charge on any atom is -0.454 e. The summed E-state index contributed by atoms with van der Waals surface area (Å²) in [6.07, 6.45) is 0.735. The van der Waals surface area contributed by atoms with E-state index in [1.54, 1.807) is 0 Å². The molecule has 0 bridgehead atoms. The predicted octanol–water partition coefficient (Wildman–Crippen LogP) is 1.57. The quantitative estimate of drug-likeness (QED) is 0.793. The number of ether oxygens (including phenoxy) is 2. The first-order valence-corrected chi connectivity index (χ1v) is 4.55. The van der Waals surface area contributed by atoms with Crippen LogP contribution in [0.4, 0.5) is 0 Å². The van der Waals surface area contributed by atoms with E-state index >= 15 is 0 Å². The van der Waals surface area contributed by atoms with E-state index in [2.05, 4.69) is 5.32 Å². The van der Waals surface area contributed by atoms with Crippen molar-refractivity contribution in [2.24, 2.45) is 0 Å². The first-order valence-electron chi connectivity index (χ1n) is 6.28. The SMILES string of the molecule is [2H]C([2H])C([2H])NCCc1ccc2c(c1)OCO2. The van der Waals surface area contributed by atoms with Gasteiger partial charge in [0.2, 0.25) is 6.79 Å². The molecule has 0 saturated carbocycles. The summed E-state index contributed by atoms with van der Waals surface area (Å²) in [6.45, 7) is -1.18. The molecule has 1 aromatic rings. The number of nitrogens with one attached hydrogen (secondary N) is 1. The van der Waals surface area contributed by atoms with Crippen molar-refractivity contribution in [1.82, 2.24) is 5.32 Å². The van der Waals surface area contributed by atoms with Gasteiger partial charge < -0.3 is 14.8 Å². The zero-order valence-electron chi connectivity index (χ0n) is 10.8. The zero-order valence-corrected chi connectivity index (χ0v) is 7.82. The molecule has 14 heavy (non-hydrogen) atoms. The maximum absolute atomic E-state index is 7.38. The van der Waals surface area contributed by atoms with Crippen LogP contribution in [0.2, 0.25) is 0 Å². The average Bonchev–Trinajstić information content (AvgIpc) is 2.75. The first-order chi connectivity index (χ1) is 8.16. The lowest BCUT2D eigenvalue weighted by atomic mass is 10.1. The maximum Gasteiger partial charge on any atom is 0.231 e. The molecule has 0 radical (unpaired) electrons. The van der Waals surface area contributed by atoms with Gasteiger partial charge in [-0.25, -0.2) is 0 Å². The van der Waals surface area contributed by atoms with Gasteiger partial charge in [-0.15, -0.1) is 0 Å². The van der Waals surface area contributed by atoms with Crippen LogP contribution < -0.4 is 14.8 Å². The molecule has 0 aliphatic carbocycles. The Labute approximate surface area is 88.2 Å². The van der Waals surface area contributed by atoms with Gasteiger partial charge >= 0.3 is 0 Å². The third-order valence-electron chi connectivity index (χ3n) is 2.11. The minimum absolute atomic E-state index is 0.269. The molecule has 1 atom stereocenters. The van der Waals surface area contributed by atoms with Crippen LogP contribution in [-0.4, -0.2) is 19.9 Å².